The average molecular weight is 381 g/mol. The van der Waals surface area contributed by atoms with Crippen LogP contribution in [0.25, 0.3) is 0 Å². The predicted molar refractivity (Wildman–Crippen MR) is 79.7 cm³/mol. The van der Waals surface area contributed by atoms with Gasteiger partial charge >= 0.3 is 6.36 Å². The second-order valence-electron chi connectivity index (χ2n) is 4.35. The van der Waals surface area contributed by atoms with Gasteiger partial charge in [-0.25, -0.2) is 4.98 Å². The number of halogens is 4. The van der Waals surface area contributed by atoms with E-state index in [-0.39, 0.29) is 17.5 Å². The Morgan fingerprint density at radius 1 is 1.38 bits per heavy atom. The van der Waals surface area contributed by atoms with E-state index < -0.39 is 6.36 Å². The van der Waals surface area contributed by atoms with Crippen LogP contribution in [-0.4, -0.2) is 11.3 Å². The Hall–Kier alpha value is -1.28. The van der Waals surface area contributed by atoms with Gasteiger partial charge in [0.2, 0.25) is 0 Å². The minimum Gasteiger partial charge on any atom is -0.404 e. The van der Waals surface area contributed by atoms with Gasteiger partial charge < -0.3 is 10.1 Å². The summed E-state index contributed by atoms with van der Waals surface area (Å²) in [5.41, 5.74) is 1.03. The number of nitrogens with one attached hydrogen (secondary N) is 1. The Labute approximate surface area is 132 Å². The van der Waals surface area contributed by atoms with Crippen molar-refractivity contribution < 1.29 is 17.9 Å². The van der Waals surface area contributed by atoms with Gasteiger partial charge in [-0.15, -0.1) is 24.5 Å². The molecule has 0 aliphatic carbocycles. The smallest absolute Gasteiger partial charge is 0.404 e. The fourth-order valence-electron chi connectivity index (χ4n) is 1.71. The lowest BCUT2D eigenvalue weighted by Gasteiger charge is -2.18. The molecule has 0 saturated heterocycles. The van der Waals surface area contributed by atoms with Gasteiger partial charge in [0, 0.05) is 9.85 Å². The zero-order chi connectivity index (χ0) is 15.6. The topological polar surface area (TPSA) is 34.2 Å². The van der Waals surface area contributed by atoms with Crippen molar-refractivity contribution in [3.8, 4) is 5.75 Å². The number of hydrogen-bond acceptors (Lipinski definition) is 4. The fraction of sp³-hybridized carbons (Fsp3) is 0.308. The Bertz CT molecular complexity index is 630. The zero-order valence-corrected chi connectivity index (χ0v) is 13.6. The van der Waals surface area contributed by atoms with Crippen LogP contribution in [0.5, 0.6) is 5.75 Å². The van der Waals surface area contributed by atoms with Crippen LogP contribution < -0.4 is 10.1 Å². The van der Waals surface area contributed by atoms with E-state index in [0.29, 0.717) is 4.47 Å². The van der Waals surface area contributed by atoms with Gasteiger partial charge in [-0.1, -0.05) is 15.9 Å². The van der Waals surface area contributed by atoms with E-state index in [1.165, 1.54) is 23.5 Å². The number of alkyl halides is 3. The number of hydrogen-bond donors (Lipinski definition) is 1. The fourth-order valence-corrected chi connectivity index (χ4v) is 2.76. The first-order chi connectivity index (χ1) is 9.74. The molecule has 0 fully saturated rings. The van der Waals surface area contributed by atoms with Gasteiger partial charge in [0.25, 0.3) is 0 Å². The molecule has 21 heavy (non-hydrogen) atoms. The van der Waals surface area contributed by atoms with Crippen LogP contribution in [0.1, 0.15) is 23.7 Å². The second kappa shape index (κ2) is 6.23. The largest absolute Gasteiger partial charge is 0.573 e. The van der Waals surface area contributed by atoms with Crippen LogP contribution in [0.2, 0.25) is 0 Å². The maximum absolute atomic E-state index is 12.4. The number of benzene rings is 1. The minimum absolute atomic E-state index is 0.230. The number of thiazole rings is 1. The van der Waals surface area contributed by atoms with E-state index in [2.05, 4.69) is 31.0 Å². The third-order valence-electron chi connectivity index (χ3n) is 2.62. The van der Waals surface area contributed by atoms with Crippen LogP contribution in [0, 0.1) is 6.92 Å². The summed E-state index contributed by atoms with van der Waals surface area (Å²) in [6.45, 7) is 3.70. The summed E-state index contributed by atoms with van der Waals surface area (Å²) in [5, 5.41) is 5.76. The molecule has 1 aromatic heterocycles. The molecule has 1 heterocycles. The Balaban J connectivity index is 2.22. The number of aromatic nitrogens is 1. The molecule has 1 N–H and O–H groups in total. The molecule has 0 aliphatic heterocycles. The molecule has 0 saturated carbocycles. The molecule has 1 unspecified atom stereocenters. The van der Waals surface area contributed by atoms with E-state index >= 15 is 0 Å². The molecule has 2 aromatic rings. The summed E-state index contributed by atoms with van der Waals surface area (Å²) in [5.74, 6) is -0.282. The molecule has 2 rings (SSSR count). The van der Waals surface area contributed by atoms with E-state index in [1.807, 2.05) is 19.2 Å². The van der Waals surface area contributed by atoms with Crippen LogP contribution in [0.15, 0.2) is 28.1 Å². The Kier molecular flexibility index (Phi) is 4.77. The lowest BCUT2D eigenvalue weighted by Crippen LogP contribution is -2.18. The first-order valence-electron chi connectivity index (χ1n) is 5.98. The predicted octanol–water partition coefficient (Wildman–Crippen LogP) is 5.29. The van der Waals surface area contributed by atoms with Gasteiger partial charge in [-0.3, -0.25) is 0 Å². The molecule has 0 bridgehead atoms. The molecule has 0 radical (unpaired) electrons. The van der Waals surface area contributed by atoms with Crippen molar-refractivity contribution in [2.75, 3.05) is 5.32 Å². The van der Waals surface area contributed by atoms with Crippen molar-refractivity contribution in [3.63, 3.8) is 0 Å². The number of aryl methyl sites for hydroxylation is 1. The van der Waals surface area contributed by atoms with Crippen LogP contribution in [0.4, 0.5) is 18.9 Å². The lowest BCUT2D eigenvalue weighted by atomic mass is 10.2. The highest BCUT2D eigenvalue weighted by Gasteiger charge is 2.32. The van der Waals surface area contributed by atoms with Crippen LogP contribution in [-0.2, 0) is 0 Å². The normalized spacial score (nSPS) is 13.0. The third kappa shape index (κ3) is 4.60. The minimum atomic E-state index is -4.74. The van der Waals surface area contributed by atoms with E-state index in [1.54, 1.807) is 6.07 Å². The van der Waals surface area contributed by atoms with Crippen LogP contribution >= 0.6 is 27.3 Å². The summed E-state index contributed by atoms with van der Waals surface area (Å²) in [6, 6.07) is 4.21. The van der Waals surface area contributed by atoms with Crippen molar-refractivity contribution >= 4 is 33.0 Å². The zero-order valence-electron chi connectivity index (χ0n) is 11.2. The molecule has 114 valence electrons. The third-order valence-corrected chi connectivity index (χ3v) is 3.91. The number of nitrogens with zero attached hydrogens (tertiary/aromatic N) is 1. The monoisotopic (exact) mass is 380 g/mol. The van der Waals surface area contributed by atoms with Crippen molar-refractivity contribution in [1.82, 2.24) is 4.98 Å². The quantitative estimate of drug-likeness (QED) is 0.782. The maximum atomic E-state index is 12.4. The summed E-state index contributed by atoms with van der Waals surface area (Å²) in [4.78, 5) is 4.31. The van der Waals surface area contributed by atoms with Gasteiger partial charge in [0.1, 0.15) is 0 Å². The molecule has 1 aromatic carbocycles. The molecular weight excluding hydrogens is 369 g/mol. The standard InChI is InChI=1S/C13H12BrF3N2OS/c1-7(11-6-21-8(2)19-11)18-10-4-3-9(14)5-12(10)20-13(15,16)17/h3-7,18H,1-2H3. The van der Waals surface area contributed by atoms with E-state index in [4.69, 9.17) is 0 Å². The first kappa shape index (κ1) is 16.1. The van der Waals surface area contributed by atoms with Gasteiger partial charge in [-0.2, -0.15) is 0 Å². The summed E-state index contributed by atoms with van der Waals surface area (Å²) in [6.07, 6.45) is -4.74. The number of anilines is 1. The van der Waals surface area contributed by atoms with Gasteiger partial charge in [0.15, 0.2) is 5.75 Å². The van der Waals surface area contributed by atoms with Crippen LogP contribution in [0.3, 0.4) is 0 Å². The highest BCUT2D eigenvalue weighted by atomic mass is 79.9. The van der Waals surface area contributed by atoms with Crippen molar-refractivity contribution in [1.29, 1.82) is 0 Å². The second-order valence-corrected chi connectivity index (χ2v) is 6.32. The van der Waals surface area contributed by atoms with Gasteiger partial charge in [-0.05, 0) is 32.0 Å². The highest BCUT2D eigenvalue weighted by molar-refractivity contribution is 9.10. The van der Waals surface area contributed by atoms with Crippen molar-refractivity contribution in [2.45, 2.75) is 26.3 Å². The summed E-state index contributed by atoms with van der Waals surface area (Å²) in [7, 11) is 0. The molecule has 0 aliphatic rings. The number of rotatable bonds is 4. The van der Waals surface area contributed by atoms with Crippen molar-refractivity contribution in [3.05, 3.63) is 38.8 Å². The number of ether oxygens (including phenoxy) is 1. The Morgan fingerprint density at radius 2 is 2.10 bits per heavy atom. The van der Waals surface area contributed by atoms with E-state index in [9.17, 15) is 13.2 Å². The lowest BCUT2D eigenvalue weighted by molar-refractivity contribution is -0.274. The maximum Gasteiger partial charge on any atom is 0.573 e. The van der Waals surface area contributed by atoms with E-state index in [0.717, 1.165) is 10.7 Å². The molecule has 8 heteroatoms. The SMILES string of the molecule is Cc1nc(C(C)Nc2ccc(Br)cc2OC(F)(F)F)cs1. The summed E-state index contributed by atoms with van der Waals surface area (Å²) < 4.78 is 41.9. The molecular formula is C13H12BrF3N2OS. The molecule has 0 amide bonds. The molecule has 1 atom stereocenters. The van der Waals surface area contributed by atoms with Crippen molar-refractivity contribution in [2.24, 2.45) is 0 Å². The molecule has 3 nitrogen and oxygen atoms in total. The average Bonchev–Trinajstić information content (AvgIpc) is 2.77. The first-order valence-corrected chi connectivity index (χ1v) is 7.66. The van der Waals surface area contributed by atoms with Gasteiger partial charge in [0.05, 0.1) is 22.4 Å². The molecule has 0 spiro atoms. The summed E-state index contributed by atoms with van der Waals surface area (Å²) >= 11 is 4.62. The Morgan fingerprint density at radius 3 is 2.67 bits per heavy atom. The highest BCUT2D eigenvalue weighted by Crippen LogP contribution is 2.35.